The maximum atomic E-state index is 11.4. The number of urea groups is 1. The zero-order valence-corrected chi connectivity index (χ0v) is 11.6. The predicted molar refractivity (Wildman–Crippen MR) is 72.5 cm³/mol. The molecule has 0 aromatic carbocycles. The summed E-state index contributed by atoms with van der Waals surface area (Å²) in [5.74, 6) is -1.27. The minimum Gasteiger partial charge on any atom is -0.477 e. The van der Waals surface area contributed by atoms with E-state index in [1.165, 1.54) is 25.3 Å². The Morgan fingerprint density at radius 2 is 2.05 bits per heavy atom. The summed E-state index contributed by atoms with van der Waals surface area (Å²) in [5, 5.41) is 13.5. The number of pyridine rings is 1. The Kier molecular flexibility index (Phi) is 5.44. The molecule has 2 amide bonds. The minimum atomic E-state index is -3.12. The summed E-state index contributed by atoms with van der Waals surface area (Å²) in [6.45, 7) is 1.54. The molecule has 0 radical (unpaired) electrons. The Morgan fingerprint density at radius 1 is 1.35 bits per heavy atom. The highest BCUT2D eigenvalue weighted by molar-refractivity contribution is 7.91. The van der Waals surface area contributed by atoms with Crippen LogP contribution in [0.25, 0.3) is 0 Å². The molecule has 0 aliphatic rings. The van der Waals surface area contributed by atoms with Gasteiger partial charge < -0.3 is 15.7 Å². The zero-order valence-electron chi connectivity index (χ0n) is 10.8. The molecule has 0 bridgehead atoms. The van der Waals surface area contributed by atoms with E-state index in [2.05, 4.69) is 15.6 Å². The van der Waals surface area contributed by atoms with Crippen LogP contribution in [0.2, 0.25) is 0 Å². The summed E-state index contributed by atoms with van der Waals surface area (Å²) in [5.41, 5.74) is 0.177. The molecular formula is C11H15N3O5S. The fourth-order valence-corrected chi connectivity index (χ4v) is 1.94. The van der Waals surface area contributed by atoms with Crippen LogP contribution in [0.15, 0.2) is 18.3 Å². The first-order valence-electron chi connectivity index (χ1n) is 5.78. The molecule has 0 aliphatic carbocycles. The normalized spacial score (nSPS) is 10.8. The van der Waals surface area contributed by atoms with Crippen LogP contribution < -0.4 is 10.6 Å². The van der Waals surface area contributed by atoms with Crippen LogP contribution in [-0.4, -0.2) is 48.6 Å². The number of anilines is 1. The average molecular weight is 301 g/mol. The van der Waals surface area contributed by atoms with Gasteiger partial charge in [0.15, 0.2) is 9.84 Å². The van der Waals surface area contributed by atoms with Crippen molar-refractivity contribution in [2.45, 2.75) is 6.92 Å². The smallest absolute Gasteiger partial charge is 0.354 e. The number of carbonyl (C=O) groups excluding carboxylic acids is 1. The summed E-state index contributed by atoms with van der Waals surface area (Å²) >= 11 is 0. The lowest BCUT2D eigenvalue weighted by atomic mass is 10.3. The monoisotopic (exact) mass is 301 g/mol. The molecule has 0 spiro atoms. The molecule has 0 atom stereocenters. The topological polar surface area (TPSA) is 125 Å². The molecular weight excluding hydrogens is 286 g/mol. The zero-order chi connectivity index (χ0) is 15.2. The number of amides is 2. The Bertz CT molecular complexity index is 583. The van der Waals surface area contributed by atoms with Crippen molar-refractivity contribution in [3.05, 3.63) is 24.0 Å². The minimum absolute atomic E-state index is 0.00262. The molecule has 0 aliphatic heterocycles. The van der Waals surface area contributed by atoms with Crippen molar-refractivity contribution < 1.29 is 23.1 Å². The second-order valence-corrected chi connectivity index (χ2v) is 6.33. The molecule has 0 saturated heterocycles. The van der Waals surface area contributed by atoms with Crippen LogP contribution >= 0.6 is 0 Å². The molecule has 0 saturated carbocycles. The number of nitrogens with zero attached hydrogens (tertiary/aromatic N) is 1. The van der Waals surface area contributed by atoms with Gasteiger partial charge in [-0.25, -0.2) is 23.0 Å². The number of rotatable bonds is 6. The Morgan fingerprint density at radius 3 is 2.55 bits per heavy atom. The summed E-state index contributed by atoms with van der Waals surface area (Å²) in [7, 11) is -3.12. The van der Waals surface area contributed by atoms with Gasteiger partial charge in [-0.3, -0.25) is 0 Å². The molecule has 0 fully saturated rings. The van der Waals surface area contributed by atoms with E-state index in [1.807, 2.05) is 0 Å². The van der Waals surface area contributed by atoms with Gasteiger partial charge in [-0.05, 0) is 12.1 Å². The molecule has 1 aromatic heterocycles. The first-order chi connectivity index (χ1) is 9.34. The summed E-state index contributed by atoms with van der Waals surface area (Å²) in [4.78, 5) is 25.6. The first-order valence-corrected chi connectivity index (χ1v) is 7.61. The number of sulfone groups is 1. The van der Waals surface area contributed by atoms with Crippen LogP contribution in [0.1, 0.15) is 17.4 Å². The molecule has 0 unspecified atom stereocenters. The standard InChI is InChI=1S/C11H15N3O5S/c1-2-20(18,19)6-5-12-11(17)14-8-3-4-9(10(15)16)13-7-8/h3-4,7H,2,5-6H2,1H3,(H,15,16)(H2,12,14,17). The molecule has 8 nitrogen and oxygen atoms in total. The lowest BCUT2D eigenvalue weighted by Gasteiger charge is -2.07. The van der Waals surface area contributed by atoms with E-state index in [0.29, 0.717) is 5.69 Å². The van der Waals surface area contributed by atoms with E-state index in [-0.39, 0.29) is 23.7 Å². The molecule has 1 aromatic rings. The van der Waals surface area contributed by atoms with E-state index >= 15 is 0 Å². The average Bonchev–Trinajstić information content (AvgIpc) is 2.39. The number of aromatic carboxylic acids is 1. The van der Waals surface area contributed by atoms with Crippen molar-refractivity contribution in [1.29, 1.82) is 0 Å². The van der Waals surface area contributed by atoms with E-state index < -0.39 is 21.8 Å². The van der Waals surface area contributed by atoms with Gasteiger partial charge in [0.25, 0.3) is 0 Å². The summed E-state index contributed by atoms with van der Waals surface area (Å²) in [6, 6.07) is 2.05. The number of aromatic nitrogens is 1. The largest absolute Gasteiger partial charge is 0.477 e. The highest BCUT2D eigenvalue weighted by atomic mass is 32.2. The quantitative estimate of drug-likeness (QED) is 0.695. The van der Waals surface area contributed by atoms with Crippen LogP contribution in [0, 0.1) is 0 Å². The number of carboxylic acid groups (broad SMARTS) is 1. The van der Waals surface area contributed by atoms with Crippen LogP contribution in [-0.2, 0) is 9.84 Å². The maximum absolute atomic E-state index is 11.4. The maximum Gasteiger partial charge on any atom is 0.354 e. The van der Waals surface area contributed by atoms with Gasteiger partial charge in [0.2, 0.25) is 0 Å². The SMILES string of the molecule is CCS(=O)(=O)CCNC(=O)Nc1ccc(C(=O)O)nc1. The third kappa shape index (κ3) is 5.22. The van der Waals surface area contributed by atoms with E-state index in [1.54, 1.807) is 0 Å². The number of carbonyl (C=O) groups is 2. The van der Waals surface area contributed by atoms with Crippen molar-refractivity contribution in [3.8, 4) is 0 Å². The highest BCUT2D eigenvalue weighted by Gasteiger charge is 2.09. The van der Waals surface area contributed by atoms with Gasteiger partial charge in [0.1, 0.15) is 5.69 Å². The van der Waals surface area contributed by atoms with Crippen molar-refractivity contribution in [2.24, 2.45) is 0 Å². The second-order valence-electron chi connectivity index (χ2n) is 3.85. The third-order valence-corrected chi connectivity index (χ3v) is 4.08. The van der Waals surface area contributed by atoms with E-state index in [9.17, 15) is 18.0 Å². The Labute approximate surface area is 116 Å². The van der Waals surface area contributed by atoms with Crippen molar-refractivity contribution in [3.63, 3.8) is 0 Å². The lowest BCUT2D eigenvalue weighted by molar-refractivity contribution is 0.0690. The fraction of sp³-hybridized carbons (Fsp3) is 0.364. The third-order valence-electron chi connectivity index (χ3n) is 2.38. The van der Waals surface area contributed by atoms with E-state index in [4.69, 9.17) is 5.11 Å². The lowest BCUT2D eigenvalue weighted by Crippen LogP contribution is -2.33. The number of nitrogens with one attached hydrogen (secondary N) is 2. The van der Waals surface area contributed by atoms with Gasteiger partial charge >= 0.3 is 12.0 Å². The van der Waals surface area contributed by atoms with Crippen molar-refractivity contribution >= 4 is 27.5 Å². The Hall–Kier alpha value is -2.16. The summed E-state index contributed by atoms with van der Waals surface area (Å²) < 4.78 is 22.4. The number of hydrogen-bond donors (Lipinski definition) is 3. The highest BCUT2D eigenvalue weighted by Crippen LogP contribution is 2.05. The molecule has 1 rings (SSSR count). The van der Waals surface area contributed by atoms with Crippen molar-refractivity contribution in [1.82, 2.24) is 10.3 Å². The second kappa shape index (κ2) is 6.85. The molecule has 9 heteroatoms. The van der Waals surface area contributed by atoms with Gasteiger partial charge in [0, 0.05) is 12.3 Å². The van der Waals surface area contributed by atoms with Crippen LogP contribution in [0.4, 0.5) is 10.5 Å². The number of carboxylic acids is 1. The summed E-state index contributed by atoms with van der Waals surface area (Å²) in [6.07, 6.45) is 1.20. The fourth-order valence-electron chi connectivity index (χ4n) is 1.23. The Balaban J connectivity index is 2.44. The molecule has 1 heterocycles. The van der Waals surface area contributed by atoms with Crippen LogP contribution in [0.3, 0.4) is 0 Å². The molecule has 110 valence electrons. The van der Waals surface area contributed by atoms with Crippen LogP contribution in [0.5, 0.6) is 0 Å². The van der Waals surface area contributed by atoms with Gasteiger partial charge in [-0.15, -0.1) is 0 Å². The van der Waals surface area contributed by atoms with E-state index in [0.717, 1.165) is 0 Å². The molecule has 3 N–H and O–H groups in total. The van der Waals surface area contributed by atoms with Crippen molar-refractivity contribution in [2.75, 3.05) is 23.4 Å². The number of hydrogen-bond acceptors (Lipinski definition) is 5. The predicted octanol–water partition coefficient (Wildman–Crippen LogP) is 0.336. The van der Waals surface area contributed by atoms with Gasteiger partial charge in [-0.1, -0.05) is 6.92 Å². The molecule has 20 heavy (non-hydrogen) atoms. The first kappa shape index (κ1) is 15.9. The van der Waals surface area contributed by atoms with Gasteiger partial charge in [0.05, 0.1) is 17.6 Å². The van der Waals surface area contributed by atoms with Gasteiger partial charge in [-0.2, -0.15) is 0 Å².